The van der Waals surface area contributed by atoms with Gasteiger partial charge in [0.05, 0.1) is 24.5 Å². The fourth-order valence-electron chi connectivity index (χ4n) is 3.17. The van der Waals surface area contributed by atoms with Gasteiger partial charge in [0, 0.05) is 43.3 Å². The first-order valence-electron chi connectivity index (χ1n) is 10.7. The molecule has 4 rings (SSSR count). The summed E-state index contributed by atoms with van der Waals surface area (Å²) >= 11 is 1.82. The van der Waals surface area contributed by atoms with Crippen molar-refractivity contribution in [1.82, 2.24) is 19.7 Å². The van der Waals surface area contributed by atoms with Gasteiger partial charge in [-0.3, -0.25) is 14.6 Å². The van der Waals surface area contributed by atoms with Crippen LogP contribution in [0.25, 0.3) is 0 Å². The highest BCUT2D eigenvalue weighted by molar-refractivity contribution is 7.09. The third-order valence-corrected chi connectivity index (χ3v) is 5.61. The van der Waals surface area contributed by atoms with Gasteiger partial charge in [0.2, 0.25) is 0 Å². The zero-order valence-corrected chi connectivity index (χ0v) is 20.2. The van der Waals surface area contributed by atoms with Crippen molar-refractivity contribution in [3.8, 4) is 5.75 Å². The Kier molecular flexibility index (Phi) is 11.1. The molecule has 0 spiro atoms. The molecule has 4 heterocycles. The number of ether oxygens (including phenoxy) is 1. The number of carboxylic acid groups (broad SMARTS) is 2. The molecule has 208 valence electrons. The lowest BCUT2D eigenvalue weighted by Gasteiger charge is -2.33. The summed E-state index contributed by atoms with van der Waals surface area (Å²) in [5.41, 5.74) is 1.28. The second kappa shape index (κ2) is 13.8. The Balaban J connectivity index is 0.000000301. The Morgan fingerprint density at radius 2 is 1.68 bits per heavy atom. The number of pyridine rings is 1. The molecule has 1 unspecified atom stereocenters. The number of hydrogen-bond acceptors (Lipinski definition) is 7. The number of carbonyl (C=O) groups is 2. The van der Waals surface area contributed by atoms with E-state index in [0.717, 1.165) is 31.8 Å². The SMILES string of the molecule is O=C(O)C(F)(F)F.O=C(O)C(F)(F)F.c1cncc(OCCC2CN(Cc3cccs3)Cc3ccnn32)c1. The predicted molar refractivity (Wildman–Crippen MR) is 121 cm³/mol. The molecule has 3 aromatic heterocycles. The molecule has 1 aliphatic rings. The van der Waals surface area contributed by atoms with Gasteiger partial charge in [-0.2, -0.15) is 31.4 Å². The number of aromatic nitrogens is 3. The van der Waals surface area contributed by atoms with Crippen molar-refractivity contribution in [2.24, 2.45) is 0 Å². The maximum absolute atomic E-state index is 10.6. The lowest BCUT2D eigenvalue weighted by atomic mass is 10.1. The highest BCUT2D eigenvalue weighted by Crippen LogP contribution is 2.25. The number of alkyl halides is 6. The third kappa shape index (κ3) is 10.4. The van der Waals surface area contributed by atoms with E-state index in [-0.39, 0.29) is 0 Å². The molecule has 0 radical (unpaired) electrons. The number of fused-ring (bicyclic) bond motifs is 1. The van der Waals surface area contributed by atoms with Crippen LogP contribution in [0.2, 0.25) is 0 Å². The minimum Gasteiger partial charge on any atom is -0.492 e. The number of rotatable bonds is 6. The first-order chi connectivity index (χ1) is 17.8. The average molecular weight is 568 g/mol. The van der Waals surface area contributed by atoms with Crippen LogP contribution in [0.1, 0.15) is 23.0 Å². The van der Waals surface area contributed by atoms with Gasteiger partial charge < -0.3 is 14.9 Å². The molecule has 1 aliphatic heterocycles. The van der Waals surface area contributed by atoms with E-state index in [9.17, 15) is 26.3 Å². The molecule has 2 N–H and O–H groups in total. The second-order valence-corrected chi connectivity index (χ2v) is 8.63. The highest BCUT2D eigenvalue weighted by Gasteiger charge is 2.38. The molecule has 0 saturated heterocycles. The lowest BCUT2D eigenvalue weighted by Crippen LogP contribution is -2.37. The summed E-state index contributed by atoms with van der Waals surface area (Å²) in [7, 11) is 0. The van der Waals surface area contributed by atoms with Gasteiger partial charge in [-0.05, 0) is 29.6 Å². The minimum absolute atomic E-state index is 0.348. The summed E-state index contributed by atoms with van der Waals surface area (Å²) in [4.78, 5) is 25.8. The molecule has 0 fully saturated rings. The summed E-state index contributed by atoms with van der Waals surface area (Å²) in [6.45, 7) is 3.63. The summed E-state index contributed by atoms with van der Waals surface area (Å²) in [6.07, 6.45) is -3.82. The van der Waals surface area contributed by atoms with Crippen LogP contribution < -0.4 is 4.74 Å². The summed E-state index contributed by atoms with van der Waals surface area (Å²) in [5.74, 6) is -4.69. The van der Waals surface area contributed by atoms with Crippen LogP contribution in [0.3, 0.4) is 0 Å². The number of aliphatic carboxylic acids is 2. The van der Waals surface area contributed by atoms with E-state index in [1.165, 1.54) is 10.6 Å². The Morgan fingerprint density at radius 3 is 2.21 bits per heavy atom. The standard InChI is InChI=1S/C18H20N4OS.2C2HF3O2/c1-3-17(11-19-7-1)23-9-6-16-13-21(14-18-4-2-10-24-18)12-15-5-8-20-22(15)16;2*3-2(4,5)1(6)7/h1-5,7-8,10-11,16H,6,9,12-14H2;2*(H,6,7). The smallest absolute Gasteiger partial charge is 0.490 e. The Labute approximate surface area is 215 Å². The molecular formula is C22H22F6N4O5S. The Morgan fingerprint density at radius 1 is 1.03 bits per heavy atom. The van der Waals surface area contributed by atoms with E-state index in [0.29, 0.717) is 12.6 Å². The maximum atomic E-state index is 10.6. The Bertz CT molecular complexity index is 1120. The number of hydrogen-bond donors (Lipinski definition) is 2. The average Bonchev–Trinajstić information content (AvgIpc) is 3.51. The van der Waals surface area contributed by atoms with E-state index in [1.54, 1.807) is 12.4 Å². The topological polar surface area (TPSA) is 118 Å². The number of carboxylic acids is 2. The summed E-state index contributed by atoms with van der Waals surface area (Å²) < 4.78 is 71.5. The van der Waals surface area contributed by atoms with Crippen LogP contribution in [0.15, 0.2) is 54.3 Å². The van der Waals surface area contributed by atoms with Gasteiger partial charge in [-0.25, -0.2) is 9.59 Å². The van der Waals surface area contributed by atoms with E-state index in [2.05, 4.69) is 43.2 Å². The van der Waals surface area contributed by atoms with Gasteiger partial charge >= 0.3 is 24.3 Å². The van der Waals surface area contributed by atoms with Crippen molar-refractivity contribution in [2.75, 3.05) is 13.2 Å². The fraction of sp³-hybridized carbons (Fsp3) is 0.364. The summed E-state index contributed by atoms with van der Waals surface area (Å²) in [5, 5.41) is 20.9. The molecule has 0 aliphatic carbocycles. The van der Waals surface area contributed by atoms with Crippen molar-refractivity contribution in [2.45, 2.75) is 37.9 Å². The van der Waals surface area contributed by atoms with E-state index < -0.39 is 24.3 Å². The second-order valence-electron chi connectivity index (χ2n) is 7.60. The molecule has 16 heteroatoms. The third-order valence-electron chi connectivity index (χ3n) is 4.75. The van der Waals surface area contributed by atoms with E-state index in [4.69, 9.17) is 24.5 Å². The molecule has 0 saturated carbocycles. The first-order valence-corrected chi connectivity index (χ1v) is 11.6. The van der Waals surface area contributed by atoms with Gasteiger partial charge in [0.25, 0.3) is 0 Å². The van der Waals surface area contributed by atoms with Crippen molar-refractivity contribution in [3.63, 3.8) is 0 Å². The maximum Gasteiger partial charge on any atom is 0.490 e. The van der Waals surface area contributed by atoms with Crippen molar-refractivity contribution >= 4 is 23.3 Å². The molecule has 1 atom stereocenters. The van der Waals surface area contributed by atoms with Crippen LogP contribution in [-0.2, 0) is 22.7 Å². The molecule has 3 aromatic rings. The molecule has 38 heavy (non-hydrogen) atoms. The molecule has 0 amide bonds. The van der Waals surface area contributed by atoms with Gasteiger partial charge in [-0.15, -0.1) is 11.3 Å². The molecule has 0 aromatic carbocycles. The van der Waals surface area contributed by atoms with Gasteiger partial charge in [-0.1, -0.05) is 6.07 Å². The number of halogens is 6. The quantitative estimate of drug-likeness (QED) is 0.414. The predicted octanol–water partition coefficient (Wildman–Crippen LogP) is 4.63. The zero-order chi connectivity index (χ0) is 28.3. The largest absolute Gasteiger partial charge is 0.492 e. The van der Waals surface area contributed by atoms with Crippen molar-refractivity contribution < 1.29 is 50.9 Å². The Hall–Kier alpha value is -3.66. The fourth-order valence-corrected chi connectivity index (χ4v) is 3.91. The molecule has 0 bridgehead atoms. The normalized spacial score (nSPS) is 15.3. The van der Waals surface area contributed by atoms with Crippen LogP contribution >= 0.6 is 11.3 Å². The van der Waals surface area contributed by atoms with Gasteiger partial charge in [0.15, 0.2) is 0 Å². The monoisotopic (exact) mass is 568 g/mol. The van der Waals surface area contributed by atoms with E-state index >= 15 is 0 Å². The molecular weight excluding hydrogens is 546 g/mol. The highest BCUT2D eigenvalue weighted by atomic mass is 32.1. The minimum atomic E-state index is -5.08. The number of thiophene rings is 1. The van der Waals surface area contributed by atoms with E-state index in [1.807, 2.05) is 29.7 Å². The van der Waals surface area contributed by atoms with Crippen LogP contribution in [0.4, 0.5) is 26.3 Å². The van der Waals surface area contributed by atoms with Crippen molar-refractivity contribution in [3.05, 3.63) is 64.9 Å². The van der Waals surface area contributed by atoms with Crippen LogP contribution in [0.5, 0.6) is 5.75 Å². The first kappa shape index (κ1) is 30.6. The molecule has 9 nitrogen and oxygen atoms in total. The zero-order valence-electron chi connectivity index (χ0n) is 19.4. The van der Waals surface area contributed by atoms with Crippen LogP contribution in [-0.4, -0.2) is 67.3 Å². The van der Waals surface area contributed by atoms with Crippen molar-refractivity contribution in [1.29, 1.82) is 0 Å². The lowest BCUT2D eigenvalue weighted by molar-refractivity contribution is -0.193. The number of nitrogens with zero attached hydrogens (tertiary/aromatic N) is 4. The van der Waals surface area contributed by atoms with Crippen LogP contribution in [0, 0.1) is 0 Å². The summed E-state index contributed by atoms with van der Waals surface area (Å²) in [6, 6.07) is 10.6. The van der Waals surface area contributed by atoms with Gasteiger partial charge in [0.1, 0.15) is 5.75 Å².